The van der Waals surface area contributed by atoms with E-state index >= 15 is 0 Å². The van der Waals surface area contributed by atoms with Gasteiger partial charge in [0.05, 0.1) is 18.8 Å². The minimum Gasteiger partial charge on any atom is -0.365 e. The summed E-state index contributed by atoms with van der Waals surface area (Å²) in [6.45, 7) is 1.47. The predicted octanol–water partition coefficient (Wildman–Crippen LogP) is 3.67. The van der Waals surface area contributed by atoms with Crippen molar-refractivity contribution in [1.29, 1.82) is 0 Å². The zero-order valence-electron chi connectivity index (χ0n) is 15.3. The van der Waals surface area contributed by atoms with E-state index in [9.17, 15) is 4.79 Å². The van der Waals surface area contributed by atoms with Gasteiger partial charge in [0.15, 0.2) is 5.69 Å². The number of amides is 1. The number of fused-ring (bicyclic) bond motifs is 1. The van der Waals surface area contributed by atoms with Crippen molar-refractivity contribution in [3.63, 3.8) is 0 Å². The smallest absolute Gasteiger partial charge is 0.273 e. The van der Waals surface area contributed by atoms with Gasteiger partial charge in [-0.15, -0.1) is 5.10 Å². The number of benzene rings is 2. The van der Waals surface area contributed by atoms with Gasteiger partial charge in [0.1, 0.15) is 6.10 Å². The SMILES string of the molecule is O=C(NCCCc1ccccc1)c1nnn2c1COC(c1ccc(Br)cc1)C2. The number of ether oxygens (including phenoxy) is 1. The number of nitrogens with one attached hydrogen (secondary N) is 1. The molecule has 1 aliphatic heterocycles. The number of nitrogens with zero attached hydrogens (tertiary/aromatic N) is 3. The molecule has 0 saturated carbocycles. The number of carbonyl (C=O) groups excluding carboxylic acids is 1. The van der Waals surface area contributed by atoms with Crippen molar-refractivity contribution in [2.75, 3.05) is 6.54 Å². The second-order valence-corrected chi connectivity index (χ2v) is 7.68. The Morgan fingerprint density at radius 1 is 1.18 bits per heavy atom. The Labute approximate surface area is 172 Å². The molecule has 1 unspecified atom stereocenters. The van der Waals surface area contributed by atoms with Crippen LogP contribution in [0.2, 0.25) is 0 Å². The van der Waals surface area contributed by atoms with Gasteiger partial charge in [-0.25, -0.2) is 4.68 Å². The quantitative estimate of drug-likeness (QED) is 0.593. The van der Waals surface area contributed by atoms with Crippen molar-refractivity contribution in [2.24, 2.45) is 0 Å². The van der Waals surface area contributed by atoms with Crippen molar-refractivity contribution in [2.45, 2.75) is 32.1 Å². The normalized spacial score (nSPS) is 15.8. The first kappa shape index (κ1) is 18.8. The summed E-state index contributed by atoms with van der Waals surface area (Å²) < 4.78 is 8.77. The molecule has 0 aliphatic carbocycles. The molecule has 2 aromatic carbocycles. The summed E-state index contributed by atoms with van der Waals surface area (Å²) in [5, 5.41) is 11.2. The lowest BCUT2D eigenvalue weighted by Crippen LogP contribution is -2.28. The van der Waals surface area contributed by atoms with E-state index in [-0.39, 0.29) is 12.0 Å². The van der Waals surface area contributed by atoms with Gasteiger partial charge in [0.2, 0.25) is 0 Å². The largest absolute Gasteiger partial charge is 0.365 e. The van der Waals surface area contributed by atoms with Crippen LogP contribution in [0.4, 0.5) is 0 Å². The van der Waals surface area contributed by atoms with Gasteiger partial charge >= 0.3 is 0 Å². The maximum atomic E-state index is 12.5. The third-order valence-electron chi connectivity index (χ3n) is 4.83. The van der Waals surface area contributed by atoms with Crippen LogP contribution in [0.5, 0.6) is 0 Å². The minimum absolute atomic E-state index is 0.0934. The molecule has 6 nitrogen and oxygen atoms in total. The first-order valence-corrected chi connectivity index (χ1v) is 10.1. The molecule has 7 heteroatoms. The minimum atomic E-state index is -0.194. The summed E-state index contributed by atoms with van der Waals surface area (Å²) in [7, 11) is 0. The van der Waals surface area contributed by atoms with Crippen molar-refractivity contribution in [1.82, 2.24) is 20.3 Å². The molecule has 1 atom stereocenters. The van der Waals surface area contributed by atoms with Crippen molar-refractivity contribution >= 4 is 21.8 Å². The predicted molar refractivity (Wildman–Crippen MR) is 109 cm³/mol. The second kappa shape index (κ2) is 8.67. The van der Waals surface area contributed by atoms with E-state index in [0.29, 0.717) is 25.4 Å². The molecule has 144 valence electrons. The highest BCUT2D eigenvalue weighted by atomic mass is 79.9. The monoisotopic (exact) mass is 440 g/mol. The first-order valence-electron chi connectivity index (χ1n) is 9.32. The molecule has 1 aromatic heterocycles. The third kappa shape index (κ3) is 4.31. The first-order chi connectivity index (χ1) is 13.7. The number of aryl methyl sites for hydroxylation is 1. The Hall–Kier alpha value is -2.51. The number of rotatable bonds is 6. The zero-order chi connectivity index (χ0) is 19.3. The van der Waals surface area contributed by atoms with Crippen LogP contribution >= 0.6 is 15.9 Å². The second-order valence-electron chi connectivity index (χ2n) is 6.76. The summed E-state index contributed by atoms with van der Waals surface area (Å²) in [4.78, 5) is 12.5. The Bertz CT molecular complexity index is 941. The topological polar surface area (TPSA) is 69.0 Å². The van der Waals surface area contributed by atoms with Crippen LogP contribution in [0.15, 0.2) is 59.1 Å². The number of carbonyl (C=O) groups is 1. The zero-order valence-corrected chi connectivity index (χ0v) is 16.9. The van der Waals surface area contributed by atoms with E-state index in [0.717, 1.165) is 28.6 Å². The summed E-state index contributed by atoms with van der Waals surface area (Å²) in [5.74, 6) is -0.194. The molecule has 0 radical (unpaired) electrons. The van der Waals surface area contributed by atoms with Gasteiger partial charge in [-0.05, 0) is 36.1 Å². The Kier molecular flexibility index (Phi) is 5.83. The van der Waals surface area contributed by atoms with Gasteiger partial charge in [-0.1, -0.05) is 63.6 Å². The highest BCUT2D eigenvalue weighted by Crippen LogP contribution is 2.27. The average Bonchev–Trinajstić information content (AvgIpc) is 3.16. The fourth-order valence-corrected chi connectivity index (χ4v) is 3.55. The van der Waals surface area contributed by atoms with E-state index in [2.05, 4.69) is 43.7 Å². The summed E-state index contributed by atoms with van der Waals surface area (Å²) in [6, 6.07) is 18.3. The van der Waals surface area contributed by atoms with Crippen LogP contribution in [0.25, 0.3) is 0 Å². The molecule has 1 N–H and O–H groups in total. The fourth-order valence-electron chi connectivity index (χ4n) is 3.29. The molecular formula is C21H21BrN4O2. The number of halogens is 1. The molecule has 1 amide bonds. The highest BCUT2D eigenvalue weighted by Gasteiger charge is 2.27. The maximum absolute atomic E-state index is 12.5. The standard InChI is InChI=1S/C21H21BrN4O2/c22-17-10-8-16(9-11-17)19-13-26-18(14-28-19)20(24-25-26)21(27)23-12-4-7-15-5-2-1-3-6-15/h1-3,5-6,8-11,19H,4,7,12-14H2,(H,23,27). The van der Waals surface area contributed by atoms with E-state index in [1.54, 1.807) is 4.68 Å². The van der Waals surface area contributed by atoms with Crippen LogP contribution in [0.3, 0.4) is 0 Å². The molecule has 0 fully saturated rings. The molecule has 0 saturated heterocycles. The van der Waals surface area contributed by atoms with E-state index in [1.165, 1.54) is 5.56 Å². The maximum Gasteiger partial charge on any atom is 0.273 e. The van der Waals surface area contributed by atoms with E-state index in [4.69, 9.17) is 4.74 Å². The molecule has 0 spiro atoms. The molecular weight excluding hydrogens is 420 g/mol. The fraction of sp³-hybridized carbons (Fsp3) is 0.286. The Balaban J connectivity index is 1.33. The molecule has 3 aromatic rings. The lowest BCUT2D eigenvalue weighted by atomic mass is 10.1. The molecule has 1 aliphatic rings. The summed E-state index contributed by atoms with van der Waals surface area (Å²) >= 11 is 3.44. The number of hydrogen-bond acceptors (Lipinski definition) is 4. The lowest BCUT2D eigenvalue weighted by molar-refractivity contribution is -0.00177. The van der Waals surface area contributed by atoms with Gasteiger partial charge in [-0.2, -0.15) is 0 Å². The van der Waals surface area contributed by atoms with Crippen LogP contribution in [-0.4, -0.2) is 27.4 Å². The highest BCUT2D eigenvalue weighted by molar-refractivity contribution is 9.10. The van der Waals surface area contributed by atoms with Gasteiger partial charge in [0, 0.05) is 11.0 Å². The summed E-state index contributed by atoms with van der Waals surface area (Å²) in [5.41, 5.74) is 3.43. The third-order valence-corrected chi connectivity index (χ3v) is 5.35. The van der Waals surface area contributed by atoms with E-state index < -0.39 is 0 Å². The van der Waals surface area contributed by atoms with Crippen molar-refractivity contribution < 1.29 is 9.53 Å². The molecule has 0 bridgehead atoms. The average molecular weight is 441 g/mol. The van der Waals surface area contributed by atoms with Gasteiger partial charge in [0.25, 0.3) is 5.91 Å². The van der Waals surface area contributed by atoms with Crippen LogP contribution < -0.4 is 5.32 Å². The number of aromatic nitrogens is 3. The van der Waals surface area contributed by atoms with Crippen LogP contribution in [-0.2, 0) is 24.3 Å². The molecule has 2 heterocycles. The van der Waals surface area contributed by atoms with Gasteiger partial charge in [-0.3, -0.25) is 4.79 Å². The van der Waals surface area contributed by atoms with Crippen LogP contribution in [0.1, 0.15) is 39.8 Å². The van der Waals surface area contributed by atoms with Gasteiger partial charge < -0.3 is 10.1 Å². The Morgan fingerprint density at radius 2 is 1.96 bits per heavy atom. The van der Waals surface area contributed by atoms with Crippen molar-refractivity contribution in [3.8, 4) is 0 Å². The van der Waals surface area contributed by atoms with Crippen LogP contribution in [0, 0.1) is 0 Å². The van der Waals surface area contributed by atoms with Crippen molar-refractivity contribution in [3.05, 3.63) is 81.6 Å². The molecule has 4 rings (SSSR count). The van der Waals surface area contributed by atoms with E-state index in [1.807, 2.05) is 42.5 Å². The summed E-state index contributed by atoms with van der Waals surface area (Å²) in [6.07, 6.45) is 1.71. The lowest BCUT2D eigenvalue weighted by Gasteiger charge is -2.24. The molecule has 28 heavy (non-hydrogen) atoms. The Morgan fingerprint density at radius 3 is 2.75 bits per heavy atom. The number of hydrogen-bond donors (Lipinski definition) is 1.